The Bertz CT molecular complexity index is 834. The minimum Gasteiger partial charge on any atom is -0.508 e. The van der Waals surface area contributed by atoms with Crippen LogP contribution in [0.2, 0.25) is 38.3 Å². The fourth-order valence-corrected chi connectivity index (χ4v) is 12.9. The van der Waals surface area contributed by atoms with Gasteiger partial charge in [0.05, 0.1) is 6.61 Å². The lowest BCUT2D eigenvalue weighted by Gasteiger charge is -2.34. The average molecular weight is 447 g/mol. The van der Waals surface area contributed by atoms with Crippen molar-refractivity contribution < 1.29 is 19.4 Å². The number of benzene rings is 2. The van der Waals surface area contributed by atoms with Crippen LogP contribution in [0.15, 0.2) is 36.4 Å². The molecule has 0 aliphatic rings. The molecule has 0 heterocycles. The monoisotopic (exact) mass is 446 g/mol. The van der Waals surface area contributed by atoms with Crippen LogP contribution in [0.5, 0.6) is 11.5 Å². The molecule has 2 aromatic rings. The molecule has 0 amide bonds. The quantitative estimate of drug-likeness (QED) is 0.376. The second-order valence-corrected chi connectivity index (χ2v) is 18.4. The lowest BCUT2D eigenvalue weighted by molar-refractivity contribution is 0.275. The summed E-state index contributed by atoms with van der Waals surface area (Å²) in [5.74, 6) is 0.527. The van der Waals surface area contributed by atoms with Crippen molar-refractivity contribution in [2.75, 3.05) is 0 Å². The van der Waals surface area contributed by atoms with Crippen LogP contribution in [-0.4, -0.2) is 32.0 Å². The van der Waals surface area contributed by atoms with Crippen LogP contribution in [0, 0.1) is 6.92 Å². The summed E-state index contributed by atoms with van der Waals surface area (Å²) in [5.41, 5.74) is 3.97. The third kappa shape index (κ3) is 7.91. The van der Waals surface area contributed by atoms with Gasteiger partial charge in [-0.3, -0.25) is 0 Å². The Morgan fingerprint density at radius 3 is 1.77 bits per heavy atom. The van der Waals surface area contributed by atoms with Gasteiger partial charge in [0.2, 0.25) is 0 Å². The summed E-state index contributed by atoms with van der Waals surface area (Å²) in [4.78, 5) is 0. The standard InChI is InChI=1S/C24H38O4Si2/c1-19-16-20(10-12-23(19)26)8-6-14-29(2,3)28-30(4,5)15-7-9-21-11-13-24(27)22(17-21)18-25/h10-13,16-17,25-27H,6-9,14-15,18H2,1-5H3. The van der Waals surface area contributed by atoms with E-state index in [0.717, 1.165) is 48.9 Å². The van der Waals surface area contributed by atoms with Crippen LogP contribution in [0.4, 0.5) is 0 Å². The average Bonchev–Trinajstić information content (AvgIpc) is 2.64. The number of aliphatic hydroxyl groups excluding tert-OH is 1. The number of aryl methyl sites for hydroxylation is 3. The molecule has 0 fully saturated rings. The molecule has 0 saturated heterocycles. The van der Waals surface area contributed by atoms with E-state index < -0.39 is 16.6 Å². The molecule has 166 valence electrons. The second-order valence-electron chi connectivity index (χ2n) is 9.57. The van der Waals surface area contributed by atoms with Gasteiger partial charge < -0.3 is 19.4 Å². The zero-order chi connectivity index (χ0) is 22.4. The summed E-state index contributed by atoms with van der Waals surface area (Å²) in [6.45, 7) is 11.1. The number of hydrogen-bond donors (Lipinski definition) is 3. The summed E-state index contributed by atoms with van der Waals surface area (Å²) in [7, 11) is -3.46. The number of aromatic hydroxyl groups is 2. The molecule has 0 atom stereocenters. The van der Waals surface area contributed by atoms with E-state index in [-0.39, 0.29) is 12.4 Å². The first-order valence-electron chi connectivity index (χ1n) is 10.9. The van der Waals surface area contributed by atoms with E-state index in [1.165, 1.54) is 5.56 Å². The highest BCUT2D eigenvalue weighted by Crippen LogP contribution is 2.27. The highest BCUT2D eigenvalue weighted by molar-refractivity contribution is 6.84. The lowest BCUT2D eigenvalue weighted by atomic mass is 10.1. The molecule has 0 aliphatic heterocycles. The molecule has 0 aromatic heterocycles. The molecule has 0 unspecified atom stereocenters. The molecule has 0 saturated carbocycles. The largest absolute Gasteiger partial charge is 0.508 e. The molecule has 0 radical (unpaired) electrons. The van der Waals surface area contributed by atoms with Gasteiger partial charge in [0.15, 0.2) is 16.6 Å². The zero-order valence-corrected chi connectivity index (χ0v) is 21.2. The van der Waals surface area contributed by atoms with Gasteiger partial charge >= 0.3 is 0 Å². The first-order valence-corrected chi connectivity index (χ1v) is 17.1. The number of aliphatic hydroxyl groups is 1. The van der Waals surface area contributed by atoms with E-state index in [1.807, 2.05) is 25.1 Å². The molecular weight excluding hydrogens is 408 g/mol. The van der Waals surface area contributed by atoms with E-state index in [0.29, 0.717) is 11.3 Å². The fourth-order valence-electron chi connectivity index (χ4n) is 4.08. The minimum atomic E-state index is -1.74. The summed E-state index contributed by atoms with van der Waals surface area (Å²) in [6, 6.07) is 13.6. The number of phenolic OH excluding ortho intramolecular Hbond substituents is 1. The molecule has 2 aromatic carbocycles. The highest BCUT2D eigenvalue weighted by atomic mass is 28.4. The highest BCUT2D eigenvalue weighted by Gasteiger charge is 2.32. The van der Waals surface area contributed by atoms with E-state index in [4.69, 9.17) is 4.12 Å². The van der Waals surface area contributed by atoms with Crippen molar-refractivity contribution in [3.63, 3.8) is 0 Å². The van der Waals surface area contributed by atoms with E-state index in [9.17, 15) is 15.3 Å². The van der Waals surface area contributed by atoms with Gasteiger partial charge in [-0.15, -0.1) is 0 Å². The third-order valence-corrected chi connectivity index (χ3v) is 13.2. The number of phenols is 2. The van der Waals surface area contributed by atoms with Crippen molar-refractivity contribution >= 4 is 16.6 Å². The Labute approximate surface area is 183 Å². The Hall–Kier alpha value is -1.61. The number of rotatable bonds is 11. The Morgan fingerprint density at radius 1 is 0.767 bits per heavy atom. The molecule has 2 rings (SSSR count). The van der Waals surface area contributed by atoms with Crippen molar-refractivity contribution in [2.24, 2.45) is 0 Å². The minimum absolute atomic E-state index is 0.132. The molecule has 0 aliphatic carbocycles. The smallest absolute Gasteiger partial charge is 0.173 e. The van der Waals surface area contributed by atoms with Gasteiger partial charge in [-0.25, -0.2) is 0 Å². The fraction of sp³-hybridized carbons (Fsp3) is 0.500. The van der Waals surface area contributed by atoms with Gasteiger partial charge in [-0.1, -0.05) is 18.2 Å². The Kier molecular flexibility index (Phi) is 8.73. The normalized spacial score (nSPS) is 12.3. The second kappa shape index (κ2) is 10.6. The summed E-state index contributed by atoms with van der Waals surface area (Å²) >= 11 is 0. The predicted molar refractivity (Wildman–Crippen MR) is 129 cm³/mol. The van der Waals surface area contributed by atoms with Gasteiger partial charge in [0.1, 0.15) is 11.5 Å². The van der Waals surface area contributed by atoms with Crippen LogP contribution < -0.4 is 0 Å². The number of hydrogen-bond acceptors (Lipinski definition) is 4. The topological polar surface area (TPSA) is 69.9 Å². The molecule has 0 spiro atoms. The first-order chi connectivity index (χ1) is 14.0. The summed E-state index contributed by atoms with van der Waals surface area (Å²) < 4.78 is 6.77. The Morgan fingerprint density at radius 2 is 1.27 bits per heavy atom. The first kappa shape index (κ1) is 24.7. The SMILES string of the molecule is Cc1cc(CCC[Si](C)(C)O[Si](C)(C)CCCc2ccc(O)c(CO)c2)ccc1O. The van der Waals surface area contributed by atoms with Crippen LogP contribution in [0.1, 0.15) is 35.1 Å². The van der Waals surface area contributed by atoms with Crippen molar-refractivity contribution in [3.8, 4) is 11.5 Å². The van der Waals surface area contributed by atoms with E-state index >= 15 is 0 Å². The van der Waals surface area contributed by atoms with Gasteiger partial charge in [0.25, 0.3) is 0 Å². The third-order valence-electron chi connectivity index (χ3n) is 5.62. The molecule has 30 heavy (non-hydrogen) atoms. The maximum atomic E-state index is 9.71. The summed E-state index contributed by atoms with van der Waals surface area (Å²) in [5, 5.41) is 28.7. The molecular formula is C24H38O4Si2. The molecule has 0 bridgehead atoms. The van der Waals surface area contributed by atoms with Crippen molar-refractivity contribution in [1.29, 1.82) is 0 Å². The zero-order valence-electron chi connectivity index (χ0n) is 19.2. The summed E-state index contributed by atoms with van der Waals surface area (Å²) in [6.07, 6.45) is 4.14. The Balaban J connectivity index is 1.79. The maximum absolute atomic E-state index is 9.71. The van der Waals surface area contributed by atoms with Crippen LogP contribution in [-0.2, 0) is 23.6 Å². The van der Waals surface area contributed by atoms with E-state index in [2.05, 4.69) is 32.3 Å². The lowest BCUT2D eigenvalue weighted by Crippen LogP contribution is -2.44. The van der Waals surface area contributed by atoms with Gasteiger partial charge in [0, 0.05) is 5.56 Å². The van der Waals surface area contributed by atoms with Gasteiger partial charge in [-0.05, 0) is 106 Å². The van der Waals surface area contributed by atoms with Crippen LogP contribution in [0.25, 0.3) is 0 Å². The molecule has 6 heteroatoms. The van der Waals surface area contributed by atoms with Crippen molar-refractivity contribution in [3.05, 3.63) is 58.7 Å². The van der Waals surface area contributed by atoms with Crippen LogP contribution >= 0.6 is 0 Å². The molecule has 3 N–H and O–H groups in total. The predicted octanol–water partition coefficient (Wildman–Crippen LogP) is 5.89. The van der Waals surface area contributed by atoms with E-state index in [1.54, 1.807) is 12.1 Å². The molecule has 4 nitrogen and oxygen atoms in total. The van der Waals surface area contributed by atoms with Gasteiger partial charge in [-0.2, -0.15) is 0 Å². The van der Waals surface area contributed by atoms with Crippen LogP contribution in [0.3, 0.4) is 0 Å². The van der Waals surface area contributed by atoms with Crippen molar-refractivity contribution in [2.45, 2.75) is 77.5 Å². The maximum Gasteiger partial charge on any atom is 0.173 e. The van der Waals surface area contributed by atoms with Crippen molar-refractivity contribution in [1.82, 2.24) is 0 Å².